The van der Waals surface area contributed by atoms with Crippen LogP contribution in [0.2, 0.25) is 0 Å². The number of nitrogens with zero attached hydrogens (tertiary/aromatic N) is 1. The van der Waals surface area contributed by atoms with E-state index in [1.54, 1.807) is 7.11 Å². The van der Waals surface area contributed by atoms with Crippen molar-refractivity contribution in [1.29, 1.82) is 0 Å². The molecule has 0 saturated heterocycles. The Morgan fingerprint density at radius 3 is 2.33 bits per heavy atom. The zero-order chi connectivity index (χ0) is 15.5. The maximum Gasteiger partial charge on any atom is 0.119 e. The van der Waals surface area contributed by atoms with E-state index >= 15 is 0 Å². The van der Waals surface area contributed by atoms with Crippen molar-refractivity contribution in [3.8, 4) is 11.5 Å². The molecular formula is C16H28N2O3. The van der Waals surface area contributed by atoms with Crippen LogP contribution in [-0.4, -0.2) is 62.6 Å². The summed E-state index contributed by atoms with van der Waals surface area (Å²) in [5.41, 5.74) is 0. The van der Waals surface area contributed by atoms with Gasteiger partial charge >= 0.3 is 0 Å². The normalized spacial score (nSPS) is 12.4. The van der Waals surface area contributed by atoms with Crippen molar-refractivity contribution in [3.63, 3.8) is 0 Å². The summed E-state index contributed by atoms with van der Waals surface area (Å²) in [6.07, 6.45) is -0.510. The Labute approximate surface area is 127 Å². The molecule has 0 amide bonds. The van der Waals surface area contributed by atoms with Gasteiger partial charge in [-0.15, -0.1) is 0 Å². The third kappa shape index (κ3) is 7.32. The van der Waals surface area contributed by atoms with Crippen LogP contribution in [0.4, 0.5) is 0 Å². The Hall–Kier alpha value is -1.30. The second kappa shape index (κ2) is 10.4. The van der Waals surface area contributed by atoms with Crippen LogP contribution in [0.1, 0.15) is 13.8 Å². The largest absolute Gasteiger partial charge is 0.497 e. The van der Waals surface area contributed by atoms with E-state index in [0.717, 1.165) is 37.7 Å². The number of benzene rings is 1. The molecule has 0 radical (unpaired) electrons. The number of methoxy groups -OCH3 is 1. The number of ether oxygens (including phenoxy) is 2. The van der Waals surface area contributed by atoms with E-state index in [0.29, 0.717) is 6.54 Å². The Morgan fingerprint density at radius 1 is 1.14 bits per heavy atom. The fourth-order valence-electron chi connectivity index (χ4n) is 1.97. The predicted molar refractivity (Wildman–Crippen MR) is 85.2 cm³/mol. The molecule has 21 heavy (non-hydrogen) atoms. The predicted octanol–water partition coefficient (Wildman–Crippen LogP) is 1.37. The SMILES string of the molecule is CCN(CC)CCNCC(O)COc1ccc(OC)cc1. The highest BCUT2D eigenvalue weighted by Gasteiger charge is 2.05. The molecule has 0 aliphatic heterocycles. The zero-order valence-electron chi connectivity index (χ0n) is 13.3. The molecule has 0 fully saturated rings. The second-order valence-electron chi connectivity index (χ2n) is 4.87. The van der Waals surface area contributed by atoms with Crippen LogP contribution in [0, 0.1) is 0 Å². The van der Waals surface area contributed by atoms with Crippen molar-refractivity contribution in [2.24, 2.45) is 0 Å². The Balaban J connectivity index is 2.14. The maximum atomic E-state index is 9.87. The molecular weight excluding hydrogens is 268 g/mol. The van der Waals surface area contributed by atoms with Gasteiger partial charge in [0, 0.05) is 19.6 Å². The Bertz CT molecular complexity index is 366. The van der Waals surface area contributed by atoms with E-state index in [1.807, 2.05) is 24.3 Å². The first-order valence-electron chi connectivity index (χ1n) is 7.57. The average Bonchev–Trinajstić information content (AvgIpc) is 2.53. The first-order valence-corrected chi connectivity index (χ1v) is 7.57. The van der Waals surface area contributed by atoms with Crippen molar-refractivity contribution >= 4 is 0 Å². The molecule has 5 nitrogen and oxygen atoms in total. The molecule has 1 rings (SSSR count). The molecule has 0 saturated carbocycles. The number of hydrogen-bond acceptors (Lipinski definition) is 5. The van der Waals surface area contributed by atoms with Crippen LogP contribution < -0.4 is 14.8 Å². The van der Waals surface area contributed by atoms with Gasteiger partial charge in [-0.1, -0.05) is 13.8 Å². The number of likely N-dealkylation sites (N-methyl/N-ethyl adjacent to an activating group) is 1. The van der Waals surface area contributed by atoms with Crippen molar-refractivity contribution in [1.82, 2.24) is 10.2 Å². The minimum Gasteiger partial charge on any atom is -0.497 e. The van der Waals surface area contributed by atoms with Crippen molar-refractivity contribution in [2.45, 2.75) is 20.0 Å². The van der Waals surface area contributed by atoms with Gasteiger partial charge in [-0.05, 0) is 37.4 Å². The highest BCUT2D eigenvalue weighted by Crippen LogP contribution is 2.16. The summed E-state index contributed by atoms with van der Waals surface area (Å²) in [6, 6.07) is 7.34. The van der Waals surface area contributed by atoms with Crippen LogP contribution in [-0.2, 0) is 0 Å². The molecule has 120 valence electrons. The highest BCUT2D eigenvalue weighted by atomic mass is 16.5. The Morgan fingerprint density at radius 2 is 1.76 bits per heavy atom. The van der Waals surface area contributed by atoms with Crippen LogP contribution in [0.15, 0.2) is 24.3 Å². The molecule has 2 N–H and O–H groups in total. The lowest BCUT2D eigenvalue weighted by molar-refractivity contribution is 0.105. The van der Waals surface area contributed by atoms with Crippen LogP contribution in [0.3, 0.4) is 0 Å². The summed E-state index contributed by atoms with van der Waals surface area (Å²) in [5, 5.41) is 13.1. The van der Waals surface area contributed by atoms with Gasteiger partial charge in [-0.3, -0.25) is 0 Å². The minimum absolute atomic E-state index is 0.282. The van der Waals surface area contributed by atoms with Gasteiger partial charge in [-0.25, -0.2) is 0 Å². The third-order valence-electron chi connectivity index (χ3n) is 3.38. The number of nitrogens with one attached hydrogen (secondary N) is 1. The van der Waals surface area contributed by atoms with Crippen LogP contribution in [0.5, 0.6) is 11.5 Å². The molecule has 0 heterocycles. The van der Waals surface area contributed by atoms with Crippen molar-refractivity contribution < 1.29 is 14.6 Å². The lowest BCUT2D eigenvalue weighted by atomic mass is 10.3. The van der Waals surface area contributed by atoms with Crippen LogP contribution >= 0.6 is 0 Å². The van der Waals surface area contributed by atoms with E-state index in [4.69, 9.17) is 9.47 Å². The fraction of sp³-hybridized carbons (Fsp3) is 0.625. The summed E-state index contributed by atoms with van der Waals surface area (Å²) >= 11 is 0. The monoisotopic (exact) mass is 296 g/mol. The molecule has 0 aliphatic rings. The molecule has 1 unspecified atom stereocenters. The second-order valence-corrected chi connectivity index (χ2v) is 4.87. The summed E-state index contributed by atoms with van der Waals surface area (Å²) in [4.78, 5) is 2.34. The van der Waals surface area contributed by atoms with Gasteiger partial charge in [-0.2, -0.15) is 0 Å². The van der Waals surface area contributed by atoms with E-state index in [1.165, 1.54) is 0 Å². The topological polar surface area (TPSA) is 54.0 Å². The van der Waals surface area contributed by atoms with Gasteiger partial charge in [0.2, 0.25) is 0 Å². The average molecular weight is 296 g/mol. The number of aliphatic hydroxyl groups excluding tert-OH is 1. The van der Waals surface area contributed by atoms with Gasteiger partial charge in [0.25, 0.3) is 0 Å². The maximum absolute atomic E-state index is 9.87. The van der Waals surface area contributed by atoms with Gasteiger partial charge in [0.05, 0.1) is 7.11 Å². The number of aliphatic hydroxyl groups is 1. The van der Waals surface area contributed by atoms with Gasteiger partial charge in [0.1, 0.15) is 24.2 Å². The van der Waals surface area contributed by atoms with Crippen molar-refractivity contribution in [3.05, 3.63) is 24.3 Å². The van der Waals surface area contributed by atoms with E-state index < -0.39 is 6.10 Å². The Kier molecular flexibility index (Phi) is 8.82. The molecule has 0 bridgehead atoms. The molecule has 1 atom stereocenters. The number of hydrogen-bond donors (Lipinski definition) is 2. The first-order chi connectivity index (χ1) is 10.2. The lowest BCUT2D eigenvalue weighted by Crippen LogP contribution is -2.37. The third-order valence-corrected chi connectivity index (χ3v) is 3.38. The summed E-state index contributed by atoms with van der Waals surface area (Å²) in [7, 11) is 1.63. The molecule has 0 aromatic heterocycles. The van der Waals surface area contributed by atoms with Gasteiger partial charge < -0.3 is 24.8 Å². The smallest absolute Gasteiger partial charge is 0.119 e. The molecule has 0 aliphatic carbocycles. The van der Waals surface area contributed by atoms with E-state index in [-0.39, 0.29) is 6.61 Å². The molecule has 0 spiro atoms. The molecule has 1 aromatic carbocycles. The van der Waals surface area contributed by atoms with Crippen molar-refractivity contribution in [2.75, 3.05) is 46.4 Å². The van der Waals surface area contributed by atoms with Crippen LogP contribution in [0.25, 0.3) is 0 Å². The summed E-state index contributed by atoms with van der Waals surface area (Å²) < 4.78 is 10.6. The highest BCUT2D eigenvalue weighted by molar-refractivity contribution is 5.31. The van der Waals surface area contributed by atoms with Gasteiger partial charge in [0.15, 0.2) is 0 Å². The number of rotatable bonds is 11. The summed E-state index contributed by atoms with van der Waals surface area (Å²) in [5.74, 6) is 1.53. The van der Waals surface area contributed by atoms with E-state index in [2.05, 4.69) is 24.1 Å². The van der Waals surface area contributed by atoms with E-state index in [9.17, 15) is 5.11 Å². The minimum atomic E-state index is -0.510. The zero-order valence-corrected chi connectivity index (χ0v) is 13.3. The summed E-state index contributed by atoms with van der Waals surface area (Å²) in [6.45, 7) is 9.12. The standard InChI is InChI=1S/C16H28N2O3/c1-4-18(5-2)11-10-17-12-14(19)13-21-16-8-6-15(20-3)7-9-16/h6-9,14,17,19H,4-5,10-13H2,1-3H3. The first kappa shape index (κ1) is 17.8. The quantitative estimate of drug-likeness (QED) is 0.604. The fourth-order valence-corrected chi connectivity index (χ4v) is 1.97. The molecule has 1 aromatic rings. The lowest BCUT2D eigenvalue weighted by Gasteiger charge is -2.19. The molecule has 5 heteroatoms.